The van der Waals surface area contributed by atoms with Gasteiger partial charge in [0.1, 0.15) is 6.61 Å². The quantitative estimate of drug-likeness (QED) is 0.145. The van der Waals surface area contributed by atoms with Crippen LogP contribution in [0.2, 0.25) is 0 Å². The van der Waals surface area contributed by atoms with Crippen LogP contribution in [0.25, 0.3) is 0 Å². The third-order valence-corrected chi connectivity index (χ3v) is 11.4. The topological polar surface area (TPSA) is 159 Å². The van der Waals surface area contributed by atoms with Gasteiger partial charge in [-0.25, -0.2) is 9.18 Å². The Kier molecular flexibility index (Phi) is 9.22. The first-order valence-corrected chi connectivity index (χ1v) is 16.2. The van der Waals surface area contributed by atoms with Gasteiger partial charge in [0, 0.05) is 35.5 Å². The monoisotopic (exact) mass is 655 g/mol. The predicted molar refractivity (Wildman–Crippen MR) is 165 cm³/mol. The number of carbonyl (C=O) groups is 4. The normalized spacial score (nSPS) is 35.5. The standard InChI is InChI=1S/C35H42FNO10/c1-5-6-10-30(41)47-35(29(40)20-45-31(42)23-9-7-8-22(16-23)19-46-37(43)44)21(2)15-27-26-12-11-24-17-25(38)13-14-32(24,3)34(26,36)28(39)18-33(27,35)4/h7-9,11,13-14,16,21,26-28,39H,5-6,10,12,15,17-20H2,1-4H3/t21-,26?,27-,28-,32-,33-,34-,35-/m0/s1. The van der Waals surface area contributed by atoms with Gasteiger partial charge in [0.05, 0.1) is 11.7 Å². The minimum Gasteiger partial charge on any atom is -0.454 e. The lowest BCUT2D eigenvalue weighted by molar-refractivity contribution is -0.763. The number of aliphatic hydroxyl groups excluding tert-OH is 1. The average molecular weight is 656 g/mol. The number of esters is 2. The number of alkyl halides is 1. The SMILES string of the molecule is CCCCC(=O)O[C@]1(C(=O)COC(=O)c2cccc(CO[N+](=O)[O-])c2)[C@@H](C)C[C@H]2C3CC=C4CC(=O)C=C[C@]4(C)[C@@]3(F)[C@@H](O)C[C@@]21C. The van der Waals surface area contributed by atoms with Crippen LogP contribution in [0.3, 0.4) is 0 Å². The van der Waals surface area contributed by atoms with Gasteiger partial charge in [-0.1, -0.05) is 57.0 Å². The Hall–Kier alpha value is -3.93. The number of carbonyl (C=O) groups excluding carboxylic acids is 4. The number of ketones is 2. The van der Waals surface area contributed by atoms with Crippen LogP contribution in [-0.4, -0.2) is 57.7 Å². The van der Waals surface area contributed by atoms with Crippen LogP contribution in [0.15, 0.2) is 48.1 Å². The highest BCUT2D eigenvalue weighted by Gasteiger charge is 2.77. The second kappa shape index (κ2) is 12.6. The van der Waals surface area contributed by atoms with E-state index in [-0.39, 0.29) is 43.6 Å². The van der Waals surface area contributed by atoms with E-state index in [2.05, 4.69) is 4.84 Å². The molecule has 0 spiro atoms. The Morgan fingerprint density at radius 1 is 1.19 bits per heavy atom. The summed E-state index contributed by atoms with van der Waals surface area (Å²) in [5.41, 5.74) is -5.40. The van der Waals surface area contributed by atoms with E-state index in [4.69, 9.17) is 9.47 Å². The number of Topliss-reactive ketones (excluding diaryl/α,β-unsaturated/α-hetero) is 1. The molecule has 0 saturated heterocycles. The van der Waals surface area contributed by atoms with Gasteiger partial charge in [-0.2, -0.15) is 0 Å². The van der Waals surface area contributed by atoms with Gasteiger partial charge in [-0.05, 0) is 62.3 Å². The van der Waals surface area contributed by atoms with Crippen LogP contribution < -0.4 is 0 Å². The number of nitrogens with zero attached hydrogens (tertiary/aromatic N) is 1. The molecule has 4 aliphatic carbocycles. The van der Waals surface area contributed by atoms with Crippen LogP contribution in [0, 0.1) is 38.7 Å². The average Bonchev–Trinajstić information content (AvgIpc) is 3.24. The van der Waals surface area contributed by atoms with Gasteiger partial charge >= 0.3 is 11.9 Å². The Morgan fingerprint density at radius 2 is 1.94 bits per heavy atom. The second-order valence-corrected chi connectivity index (χ2v) is 13.9. The number of halogens is 1. The molecule has 2 fully saturated rings. The first kappa shape index (κ1) is 34.4. The number of fused-ring (bicyclic) bond motifs is 5. The zero-order valence-corrected chi connectivity index (χ0v) is 27.2. The minimum absolute atomic E-state index is 0.0344. The number of hydrogen-bond acceptors (Lipinski definition) is 10. The molecule has 12 heteroatoms. The van der Waals surface area contributed by atoms with Crippen molar-refractivity contribution in [3.63, 3.8) is 0 Å². The van der Waals surface area contributed by atoms with Gasteiger partial charge in [0.25, 0.3) is 5.09 Å². The van der Waals surface area contributed by atoms with Crippen molar-refractivity contribution in [2.75, 3.05) is 6.61 Å². The van der Waals surface area contributed by atoms with Crippen molar-refractivity contribution in [1.82, 2.24) is 0 Å². The third kappa shape index (κ3) is 5.48. The summed E-state index contributed by atoms with van der Waals surface area (Å²) in [6.45, 7) is 6.01. The Bertz CT molecular complexity index is 1540. The number of allylic oxidation sites excluding steroid dienone is 4. The second-order valence-electron chi connectivity index (χ2n) is 13.9. The number of aliphatic hydroxyl groups is 1. The van der Waals surface area contributed by atoms with Gasteiger partial charge < -0.3 is 19.4 Å². The summed E-state index contributed by atoms with van der Waals surface area (Å²) in [5, 5.41) is 21.4. The highest BCUT2D eigenvalue weighted by atomic mass is 19.1. The molecule has 4 aliphatic rings. The molecule has 1 N–H and O–H groups in total. The summed E-state index contributed by atoms with van der Waals surface area (Å²) < 4.78 is 29.3. The molecule has 1 aromatic carbocycles. The van der Waals surface area contributed by atoms with E-state index in [9.17, 15) is 34.4 Å². The Labute approximate surface area is 272 Å². The van der Waals surface area contributed by atoms with Crippen LogP contribution in [0.4, 0.5) is 4.39 Å². The molecule has 0 heterocycles. The molecule has 254 valence electrons. The first-order chi connectivity index (χ1) is 22.1. The van der Waals surface area contributed by atoms with Crippen molar-refractivity contribution in [3.05, 3.63) is 69.3 Å². The molecule has 8 atom stereocenters. The van der Waals surface area contributed by atoms with E-state index >= 15 is 4.39 Å². The highest BCUT2D eigenvalue weighted by molar-refractivity contribution is 5.96. The molecule has 0 radical (unpaired) electrons. The largest absolute Gasteiger partial charge is 0.454 e. The predicted octanol–water partition coefficient (Wildman–Crippen LogP) is 5.21. The molecule has 1 aromatic rings. The molecule has 0 aromatic heterocycles. The molecular formula is C35H42FNO10. The summed E-state index contributed by atoms with van der Waals surface area (Å²) in [6.07, 6.45) is 5.00. The zero-order valence-electron chi connectivity index (χ0n) is 27.2. The number of unbranched alkanes of at least 4 members (excludes halogenated alkanes) is 1. The van der Waals surface area contributed by atoms with Gasteiger partial charge in [-0.15, -0.1) is 10.1 Å². The Morgan fingerprint density at radius 3 is 2.64 bits per heavy atom. The summed E-state index contributed by atoms with van der Waals surface area (Å²) in [4.78, 5) is 68.0. The molecule has 1 unspecified atom stereocenters. The fraction of sp³-hybridized carbons (Fsp3) is 0.600. The van der Waals surface area contributed by atoms with E-state index in [1.165, 1.54) is 30.3 Å². The lowest BCUT2D eigenvalue weighted by atomic mass is 9.45. The number of ether oxygens (including phenoxy) is 2. The van der Waals surface area contributed by atoms with Crippen molar-refractivity contribution >= 4 is 23.5 Å². The van der Waals surface area contributed by atoms with Crippen molar-refractivity contribution in [3.8, 4) is 0 Å². The summed E-state index contributed by atoms with van der Waals surface area (Å²) in [5.74, 6) is -4.12. The fourth-order valence-corrected chi connectivity index (χ4v) is 9.09. The molecule has 11 nitrogen and oxygen atoms in total. The van der Waals surface area contributed by atoms with Crippen molar-refractivity contribution < 1.29 is 48.1 Å². The molecule has 0 bridgehead atoms. The van der Waals surface area contributed by atoms with E-state index in [0.29, 0.717) is 30.4 Å². The first-order valence-electron chi connectivity index (χ1n) is 16.2. The smallest absolute Gasteiger partial charge is 0.338 e. The Balaban J connectivity index is 1.47. The van der Waals surface area contributed by atoms with Gasteiger partial charge in [-0.3, -0.25) is 14.4 Å². The van der Waals surface area contributed by atoms with Crippen molar-refractivity contribution in [2.45, 2.75) is 96.6 Å². The van der Waals surface area contributed by atoms with Gasteiger partial charge in [0.15, 0.2) is 23.7 Å². The van der Waals surface area contributed by atoms with Crippen LogP contribution in [0.1, 0.15) is 88.6 Å². The molecule has 2 saturated carbocycles. The molecular weight excluding hydrogens is 613 g/mol. The maximum atomic E-state index is 17.7. The lowest BCUT2D eigenvalue weighted by Gasteiger charge is -2.62. The lowest BCUT2D eigenvalue weighted by Crippen LogP contribution is -2.69. The number of rotatable bonds is 11. The molecule has 0 amide bonds. The molecule has 5 rings (SSSR count). The van der Waals surface area contributed by atoms with Crippen molar-refractivity contribution in [2.24, 2.45) is 28.6 Å². The third-order valence-electron chi connectivity index (χ3n) is 11.4. The van der Waals surface area contributed by atoms with Crippen LogP contribution in [0.5, 0.6) is 0 Å². The highest BCUT2D eigenvalue weighted by Crippen LogP contribution is 2.71. The van der Waals surface area contributed by atoms with E-state index in [1.54, 1.807) is 26.8 Å². The molecule has 47 heavy (non-hydrogen) atoms. The van der Waals surface area contributed by atoms with E-state index < -0.39 is 75.4 Å². The molecule has 0 aliphatic heterocycles. The summed E-state index contributed by atoms with van der Waals surface area (Å²) in [7, 11) is 0. The van der Waals surface area contributed by atoms with Crippen molar-refractivity contribution in [1.29, 1.82) is 0 Å². The van der Waals surface area contributed by atoms with Crippen LogP contribution >= 0.6 is 0 Å². The summed E-state index contributed by atoms with van der Waals surface area (Å²) >= 11 is 0. The van der Waals surface area contributed by atoms with Gasteiger partial charge in [0.2, 0.25) is 5.78 Å². The zero-order chi connectivity index (χ0) is 34.4. The fourth-order valence-electron chi connectivity index (χ4n) is 9.09. The summed E-state index contributed by atoms with van der Waals surface area (Å²) in [6, 6.07) is 5.80. The van der Waals surface area contributed by atoms with E-state index in [1.807, 2.05) is 13.0 Å². The number of hydrogen-bond donors (Lipinski definition) is 1. The van der Waals surface area contributed by atoms with Crippen LogP contribution in [-0.2, 0) is 35.3 Å². The maximum absolute atomic E-state index is 17.7. The van der Waals surface area contributed by atoms with E-state index in [0.717, 1.165) is 0 Å². The minimum atomic E-state index is -2.14. The number of benzene rings is 1. The maximum Gasteiger partial charge on any atom is 0.338 e.